The van der Waals surface area contributed by atoms with Gasteiger partial charge in [0.25, 0.3) is 15.6 Å². The highest BCUT2D eigenvalue weighted by Crippen LogP contribution is 2.31. The van der Waals surface area contributed by atoms with Crippen molar-refractivity contribution in [3.63, 3.8) is 0 Å². The van der Waals surface area contributed by atoms with Crippen molar-refractivity contribution in [3.05, 3.63) is 58.3 Å². The first kappa shape index (κ1) is 21.6. The molecular weight excluding hydrogens is 429 g/mol. The van der Waals surface area contributed by atoms with Gasteiger partial charge in [0.05, 0.1) is 24.5 Å². The Morgan fingerprint density at radius 2 is 1.91 bits per heavy atom. The molecule has 1 aromatic heterocycles. The van der Waals surface area contributed by atoms with Gasteiger partial charge in [0, 0.05) is 30.0 Å². The van der Waals surface area contributed by atoms with E-state index in [1.54, 1.807) is 15.5 Å². The number of piperidine rings is 1. The van der Waals surface area contributed by atoms with Gasteiger partial charge in [-0.15, -0.1) is 0 Å². The fourth-order valence-electron chi connectivity index (χ4n) is 6.05. The van der Waals surface area contributed by atoms with Gasteiger partial charge < -0.3 is 9.47 Å². The van der Waals surface area contributed by atoms with Gasteiger partial charge in [-0.2, -0.15) is 0 Å². The third kappa shape index (κ3) is 4.35. The summed E-state index contributed by atoms with van der Waals surface area (Å²) in [7, 11) is -4.04. The predicted octanol–water partition coefficient (Wildman–Crippen LogP) is 2.37. The van der Waals surface area contributed by atoms with Crippen molar-refractivity contribution in [1.82, 2.24) is 4.57 Å². The van der Waals surface area contributed by atoms with Crippen LogP contribution in [-0.4, -0.2) is 32.6 Å². The maximum absolute atomic E-state index is 13.5. The van der Waals surface area contributed by atoms with E-state index in [4.69, 9.17) is 0 Å². The summed E-state index contributed by atoms with van der Waals surface area (Å²) in [5, 5.41) is 0. The lowest BCUT2D eigenvalue weighted by molar-refractivity contribution is -0.914. The zero-order valence-electron chi connectivity index (χ0n) is 18.2. The normalized spacial score (nSPS) is 25.8. The summed E-state index contributed by atoms with van der Waals surface area (Å²) in [6.07, 6.45) is 7.89. The molecule has 1 unspecified atom stereocenters. The Hall–Kier alpha value is -2.19. The number of fused-ring (bicyclic) bond motifs is 4. The maximum atomic E-state index is 13.5. The molecule has 5 rings (SSSR count). The van der Waals surface area contributed by atoms with E-state index in [0.29, 0.717) is 18.4 Å². The molecule has 3 atom stereocenters. The number of hydrogen-bond acceptors (Lipinski definition) is 3. The number of benzene rings is 1. The minimum Gasteiger partial charge on any atom is -0.334 e. The lowest BCUT2D eigenvalue weighted by Crippen LogP contribution is -3.15. The lowest BCUT2D eigenvalue weighted by Gasteiger charge is -2.41. The van der Waals surface area contributed by atoms with Gasteiger partial charge in [0.1, 0.15) is 11.5 Å². The van der Waals surface area contributed by atoms with E-state index >= 15 is 0 Å². The minimum absolute atomic E-state index is 0.0180. The summed E-state index contributed by atoms with van der Waals surface area (Å²) in [5.74, 6) is 0.970. The number of halogens is 1. The first-order valence-electron chi connectivity index (χ1n) is 11.7. The molecular formula is C24H31FN3O3S+. The molecule has 1 aliphatic carbocycles. The van der Waals surface area contributed by atoms with Gasteiger partial charge in [0.15, 0.2) is 0 Å². The molecule has 32 heavy (non-hydrogen) atoms. The van der Waals surface area contributed by atoms with E-state index in [9.17, 15) is 17.6 Å². The van der Waals surface area contributed by atoms with Crippen LogP contribution in [0.25, 0.3) is 0 Å². The molecule has 2 bridgehead atoms. The summed E-state index contributed by atoms with van der Waals surface area (Å²) in [5.41, 5.74) is 0.720. The van der Waals surface area contributed by atoms with Gasteiger partial charge in [-0.1, -0.05) is 25.3 Å². The van der Waals surface area contributed by atoms with E-state index in [1.165, 1.54) is 56.8 Å². The Balaban J connectivity index is 1.35. The first-order chi connectivity index (χ1) is 15.4. The Morgan fingerprint density at radius 1 is 1.09 bits per heavy atom. The van der Waals surface area contributed by atoms with Crippen LogP contribution in [0.5, 0.6) is 0 Å². The number of likely N-dealkylation sites (tertiary alicyclic amines) is 1. The fraction of sp³-hybridized carbons (Fsp3) is 0.542. The van der Waals surface area contributed by atoms with Crippen LogP contribution >= 0.6 is 0 Å². The van der Waals surface area contributed by atoms with Crippen molar-refractivity contribution in [2.45, 2.75) is 55.9 Å². The highest BCUT2D eigenvalue weighted by Gasteiger charge is 2.38. The summed E-state index contributed by atoms with van der Waals surface area (Å²) in [6, 6.07) is 8.26. The molecule has 2 N–H and O–H groups in total. The van der Waals surface area contributed by atoms with Crippen LogP contribution in [-0.2, 0) is 16.6 Å². The maximum Gasteiger partial charge on any atom is 0.275 e. The average molecular weight is 461 g/mol. The third-order valence-electron chi connectivity index (χ3n) is 7.45. The number of hydrogen-bond donors (Lipinski definition) is 2. The summed E-state index contributed by atoms with van der Waals surface area (Å²) >= 11 is 0. The number of quaternary nitrogens is 1. The van der Waals surface area contributed by atoms with Crippen LogP contribution in [0.4, 0.5) is 10.1 Å². The zero-order chi connectivity index (χ0) is 22.3. The van der Waals surface area contributed by atoms with Gasteiger partial charge in [-0.3, -0.25) is 9.52 Å². The number of nitrogens with one attached hydrogen (secondary N) is 2. The van der Waals surface area contributed by atoms with Crippen molar-refractivity contribution < 1.29 is 17.7 Å². The Morgan fingerprint density at radius 3 is 2.69 bits per heavy atom. The summed E-state index contributed by atoms with van der Waals surface area (Å²) in [4.78, 5) is 14.6. The zero-order valence-corrected chi connectivity index (χ0v) is 19.0. The molecule has 0 amide bonds. The van der Waals surface area contributed by atoms with E-state index in [-0.39, 0.29) is 16.1 Å². The summed E-state index contributed by atoms with van der Waals surface area (Å²) < 4.78 is 43.0. The Kier molecular flexibility index (Phi) is 5.84. The molecule has 2 fully saturated rings. The Labute approximate surface area is 188 Å². The van der Waals surface area contributed by atoms with Crippen LogP contribution in [0.2, 0.25) is 0 Å². The largest absolute Gasteiger partial charge is 0.334 e. The van der Waals surface area contributed by atoms with Crippen molar-refractivity contribution in [3.8, 4) is 0 Å². The van der Waals surface area contributed by atoms with Crippen molar-refractivity contribution in [2.24, 2.45) is 11.8 Å². The van der Waals surface area contributed by atoms with E-state index in [2.05, 4.69) is 4.72 Å². The topological polar surface area (TPSA) is 72.6 Å². The molecule has 1 saturated carbocycles. The van der Waals surface area contributed by atoms with Crippen molar-refractivity contribution >= 4 is 15.7 Å². The van der Waals surface area contributed by atoms with Crippen LogP contribution in [0.15, 0.2) is 46.1 Å². The molecule has 8 heteroatoms. The minimum atomic E-state index is -4.04. The summed E-state index contributed by atoms with van der Waals surface area (Å²) in [6.45, 7) is 4.00. The highest BCUT2D eigenvalue weighted by atomic mass is 32.2. The van der Waals surface area contributed by atoms with E-state index in [1.807, 2.05) is 6.07 Å². The molecule has 2 aromatic rings. The number of rotatable bonds is 5. The smallest absolute Gasteiger partial charge is 0.275 e. The molecule has 1 saturated heterocycles. The second-order valence-electron chi connectivity index (χ2n) is 9.82. The van der Waals surface area contributed by atoms with Gasteiger partial charge in [0.2, 0.25) is 0 Å². The first-order valence-corrected chi connectivity index (χ1v) is 13.2. The molecule has 0 spiro atoms. The number of anilines is 1. The van der Waals surface area contributed by atoms with E-state index in [0.717, 1.165) is 37.2 Å². The van der Waals surface area contributed by atoms with Gasteiger partial charge >= 0.3 is 0 Å². The molecule has 6 nitrogen and oxygen atoms in total. The van der Waals surface area contributed by atoms with Crippen LogP contribution in [0.1, 0.15) is 50.1 Å². The van der Waals surface area contributed by atoms with Crippen LogP contribution in [0.3, 0.4) is 0 Å². The molecule has 2 aliphatic heterocycles. The van der Waals surface area contributed by atoms with Crippen LogP contribution in [0, 0.1) is 17.7 Å². The second-order valence-corrected chi connectivity index (χ2v) is 11.5. The number of pyridine rings is 1. The monoisotopic (exact) mass is 460 g/mol. The van der Waals surface area contributed by atoms with Crippen molar-refractivity contribution in [1.29, 1.82) is 0 Å². The molecule has 3 heterocycles. The fourth-order valence-corrected chi connectivity index (χ4v) is 7.14. The number of aromatic nitrogens is 1. The number of sulfonamides is 1. The van der Waals surface area contributed by atoms with E-state index < -0.39 is 15.8 Å². The molecule has 0 radical (unpaired) electrons. The standard InChI is InChI=1S/C24H30FN3O3S/c25-20-7-4-8-21(12-20)32(30,31)26-22-9-10-23-19-11-18(15-28(23)24(22)29)14-27(16-19)13-17-5-2-1-3-6-17/h4,7-10,12,17-19,26H,1-3,5-6,11,13-16H2/p+1/t18-,19+/m0/s1. The predicted molar refractivity (Wildman–Crippen MR) is 121 cm³/mol. The van der Waals surface area contributed by atoms with Crippen molar-refractivity contribution in [2.75, 3.05) is 24.4 Å². The number of nitrogens with zero attached hydrogens (tertiary/aromatic N) is 1. The van der Waals surface area contributed by atoms with Gasteiger partial charge in [-0.05, 0) is 49.6 Å². The quantitative estimate of drug-likeness (QED) is 0.720. The molecule has 3 aliphatic rings. The van der Waals surface area contributed by atoms with Crippen LogP contribution < -0.4 is 15.2 Å². The molecule has 1 aromatic carbocycles. The average Bonchev–Trinajstić information content (AvgIpc) is 2.77. The lowest BCUT2D eigenvalue weighted by atomic mass is 9.81. The third-order valence-corrected chi connectivity index (χ3v) is 8.81. The second kappa shape index (κ2) is 8.63. The SMILES string of the molecule is O=c1c(NS(=O)(=O)c2cccc(F)c2)ccc2n1C[C@H]1C[C@@H]2C[NH+](CC2CCCCC2)C1. The Bertz CT molecular complexity index is 1160. The highest BCUT2D eigenvalue weighted by molar-refractivity contribution is 7.92. The molecule has 172 valence electrons. The van der Waals surface area contributed by atoms with Gasteiger partial charge in [-0.25, -0.2) is 12.8 Å².